The molecular formula is C21H27ClN4O3. The van der Waals surface area contributed by atoms with E-state index in [0.29, 0.717) is 29.2 Å². The van der Waals surface area contributed by atoms with Gasteiger partial charge in [-0.1, -0.05) is 0 Å². The average molecular weight is 419 g/mol. The number of nitrogens with zero attached hydrogens (tertiary/aromatic N) is 2. The second-order valence-electron chi connectivity index (χ2n) is 7.20. The molecule has 2 unspecified atom stereocenters. The van der Waals surface area contributed by atoms with Gasteiger partial charge in [0.2, 0.25) is 5.75 Å². The highest BCUT2D eigenvalue weighted by molar-refractivity contribution is 5.85. The average Bonchev–Trinajstić information content (AvgIpc) is 3.16. The first-order valence-corrected chi connectivity index (χ1v) is 9.52. The first kappa shape index (κ1) is 21.2. The van der Waals surface area contributed by atoms with Gasteiger partial charge in [0.15, 0.2) is 11.5 Å². The predicted molar refractivity (Wildman–Crippen MR) is 116 cm³/mol. The van der Waals surface area contributed by atoms with Crippen molar-refractivity contribution in [2.75, 3.05) is 27.9 Å². The van der Waals surface area contributed by atoms with Crippen molar-refractivity contribution < 1.29 is 14.2 Å². The minimum atomic E-state index is 0. The molecule has 7 nitrogen and oxygen atoms in total. The van der Waals surface area contributed by atoms with Crippen molar-refractivity contribution in [3.05, 3.63) is 30.2 Å². The summed E-state index contributed by atoms with van der Waals surface area (Å²) in [5.74, 6) is 3.14. The summed E-state index contributed by atoms with van der Waals surface area (Å²) in [4.78, 5) is 12.9. The monoisotopic (exact) mass is 418 g/mol. The fourth-order valence-corrected chi connectivity index (χ4v) is 3.89. The van der Waals surface area contributed by atoms with E-state index in [0.717, 1.165) is 47.5 Å². The third-order valence-electron chi connectivity index (χ3n) is 5.35. The molecule has 0 aliphatic carbocycles. The summed E-state index contributed by atoms with van der Waals surface area (Å²) < 4.78 is 16.4. The van der Waals surface area contributed by atoms with Crippen LogP contribution in [0.3, 0.4) is 0 Å². The van der Waals surface area contributed by atoms with Crippen LogP contribution in [0.5, 0.6) is 17.2 Å². The van der Waals surface area contributed by atoms with Crippen LogP contribution in [0.15, 0.2) is 24.4 Å². The van der Waals surface area contributed by atoms with Gasteiger partial charge >= 0.3 is 0 Å². The minimum Gasteiger partial charge on any atom is -0.493 e. The largest absolute Gasteiger partial charge is 0.493 e. The molecule has 0 saturated carbocycles. The zero-order valence-electron chi connectivity index (χ0n) is 17.1. The van der Waals surface area contributed by atoms with Gasteiger partial charge < -0.3 is 24.5 Å². The Kier molecular flexibility index (Phi) is 6.49. The Morgan fingerprint density at radius 1 is 1.03 bits per heavy atom. The zero-order chi connectivity index (χ0) is 19.7. The van der Waals surface area contributed by atoms with Gasteiger partial charge in [0.05, 0.1) is 38.6 Å². The number of halogens is 1. The molecule has 4 rings (SSSR count). The second-order valence-corrected chi connectivity index (χ2v) is 7.20. The number of hydrogen-bond donors (Lipinski definition) is 2. The van der Waals surface area contributed by atoms with Gasteiger partial charge in [0.1, 0.15) is 5.82 Å². The van der Waals surface area contributed by atoms with E-state index >= 15 is 0 Å². The molecule has 2 atom stereocenters. The lowest BCUT2D eigenvalue weighted by molar-refractivity contribution is 0.324. The van der Waals surface area contributed by atoms with Crippen molar-refractivity contribution in [3.8, 4) is 28.5 Å². The maximum atomic E-state index is 5.47. The van der Waals surface area contributed by atoms with Crippen LogP contribution in [0, 0.1) is 0 Å². The fourth-order valence-electron chi connectivity index (χ4n) is 3.89. The maximum Gasteiger partial charge on any atom is 0.203 e. The van der Waals surface area contributed by atoms with Crippen molar-refractivity contribution in [1.82, 2.24) is 20.3 Å². The predicted octanol–water partition coefficient (Wildman–Crippen LogP) is 3.93. The topological polar surface area (TPSA) is 81.3 Å². The molecule has 3 heterocycles. The summed E-state index contributed by atoms with van der Waals surface area (Å²) in [7, 11) is 4.83. The first-order chi connectivity index (χ1) is 13.6. The number of hydrogen-bond acceptors (Lipinski definition) is 6. The second kappa shape index (κ2) is 8.88. The summed E-state index contributed by atoms with van der Waals surface area (Å²) in [6.07, 6.45) is 4.02. The Balaban J connectivity index is 0.00000240. The summed E-state index contributed by atoms with van der Waals surface area (Å²) in [5, 5.41) is 3.48. The molecule has 156 valence electrons. The summed E-state index contributed by atoms with van der Waals surface area (Å²) in [6.45, 7) is 3.22. The highest BCUT2D eigenvalue weighted by Crippen LogP contribution is 2.41. The van der Waals surface area contributed by atoms with E-state index in [9.17, 15) is 0 Å². The van der Waals surface area contributed by atoms with E-state index in [1.807, 2.05) is 24.4 Å². The van der Waals surface area contributed by atoms with Gasteiger partial charge in [-0.05, 0) is 44.5 Å². The van der Waals surface area contributed by atoms with E-state index in [4.69, 9.17) is 19.2 Å². The molecule has 0 bridgehead atoms. The molecule has 29 heavy (non-hydrogen) atoms. The molecule has 2 aromatic heterocycles. The number of benzene rings is 1. The van der Waals surface area contributed by atoms with Crippen LogP contribution >= 0.6 is 12.4 Å². The van der Waals surface area contributed by atoms with Crippen molar-refractivity contribution in [3.63, 3.8) is 0 Å². The number of aromatic amines is 1. The van der Waals surface area contributed by atoms with E-state index in [1.165, 1.54) is 0 Å². The fraction of sp³-hybridized carbons (Fsp3) is 0.429. The normalized spacial score (nSPS) is 18.9. The SMILES string of the molecule is COc1cc(-c2cc3nc(C4CCNC(C)C4)ncc3[nH]2)cc(OC)c1OC.Cl. The minimum absolute atomic E-state index is 0. The van der Waals surface area contributed by atoms with Gasteiger partial charge in [0.25, 0.3) is 0 Å². The van der Waals surface area contributed by atoms with Crippen molar-refractivity contribution >= 4 is 23.4 Å². The molecule has 3 aromatic rings. The summed E-state index contributed by atoms with van der Waals surface area (Å²) in [5.41, 5.74) is 3.69. The lowest BCUT2D eigenvalue weighted by Crippen LogP contribution is -2.35. The molecular weight excluding hydrogens is 392 g/mol. The van der Waals surface area contributed by atoms with Gasteiger partial charge in [-0.3, -0.25) is 0 Å². The maximum absolute atomic E-state index is 5.47. The van der Waals surface area contributed by atoms with Crippen LogP contribution in [0.1, 0.15) is 31.5 Å². The summed E-state index contributed by atoms with van der Waals surface area (Å²) in [6, 6.07) is 6.40. The van der Waals surface area contributed by atoms with E-state index in [-0.39, 0.29) is 12.4 Å². The van der Waals surface area contributed by atoms with Gasteiger partial charge in [-0.25, -0.2) is 9.97 Å². The number of ether oxygens (including phenoxy) is 3. The summed E-state index contributed by atoms with van der Waals surface area (Å²) >= 11 is 0. The van der Waals surface area contributed by atoms with Crippen LogP contribution in [0.2, 0.25) is 0 Å². The number of piperidine rings is 1. The van der Waals surface area contributed by atoms with Crippen LogP contribution in [0.25, 0.3) is 22.3 Å². The highest BCUT2D eigenvalue weighted by Gasteiger charge is 2.23. The van der Waals surface area contributed by atoms with Crippen LogP contribution < -0.4 is 19.5 Å². The lowest BCUT2D eigenvalue weighted by atomic mass is 9.92. The Morgan fingerprint density at radius 3 is 2.38 bits per heavy atom. The number of methoxy groups -OCH3 is 3. The molecule has 1 aromatic carbocycles. The molecule has 0 amide bonds. The van der Waals surface area contributed by atoms with Crippen molar-refractivity contribution in [2.45, 2.75) is 31.7 Å². The van der Waals surface area contributed by atoms with E-state index in [2.05, 4.69) is 22.2 Å². The lowest BCUT2D eigenvalue weighted by Gasteiger charge is -2.26. The number of H-pyrrole nitrogens is 1. The highest BCUT2D eigenvalue weighted by atomic mass is 35.5. The number of nitrogens with one attached hydrogen (secondary N) is 2. The molecule has 0 radical (unpaired) electrons. The first-order valence-electron chi connectivity index (χ1n) is 9.52. The van der Waals surface area contributed by atoms with Crippen molar-refractivity contribution in [2.24, 2.45) is 0 Å². The Bertz CT molecular complexity index is 966. The smallest absolute Gasteiger partial charge is 0.203 e. The van der Waals surface area contributed by atoms with Crippen LogP contribution in [0.4, 0.5) is 0 Å². The van der Waals surface area contributed by atoms with E-state index < -0.39 is 0 Å². The molecule has 1 fully saturated rings. The third-order valence-corrected chi connectivity index (χ3v) is 5.35. The number of fused-ring (bicyclic) bond motifs is 1. The molecule has 1 saturated heterocycles. The Labute approximate surface area is 176 Å². The van der Waals surface area contributed by atoms with Gasteiger partial charge in [-0.2, -0.15) is 0 Å². The zero-order valence-corrected chi connectivity index (χ0v) is 17.9. The number of rotatable bonds is 5. The Hall–Kier alpha value is -2.51. The Morgan fingerprint density at radius 2 is 1.76 bits per heavy atom. The standard InChI is InChI=1S/C21H26N4O3.ClH/c1-12-7-13(5-6-22-12)21-23-11-17-16(25-21)10-15(24-17)14-8-18(26-2)20(28-4)19(9-14)27-3;/h8-13,22,24H,5-7H2,1-4H3;1H. The van der Waals surface area contributed by atoms with Crippen molar-refractivity contribution in [1.29, 1.82) is 0 Å². The van der Waals surface area contributed by atoms with E-state index in [1.54, 1.807) is 21.3 Å². The third kappa shape index (κ3) is 4.11. The van der Waals surface area contributed by atoms with Gasteiger partial charge in [-0.15, -0.1) is 12.4 Å². The molecule has 1 aliphatic heterocycles. The van der Waals surface area contributed by atoms with Crippen LogP contribution in [-0.4, -0.2) is 48.9 Å². The number of aromatic nitrogens is 3. The molecule has 8 heteroatoms. The molecule has 1 aliphatic rings. The van der Waals surface area contributed by atoms with Crippen LogP contribution in [-0.2, 0) is 0 Å². The van der Waals surface area contributed by atoms with Gasteiger partial charge in [0, 0.05) is 23.2 Å². The quantitative estimate of drug-likeness (QED) is 0.653. The molecule has 0 spiro atoms. The molecule has 2 N–H and O–H groups in total.